The summed E-state index contributed by atoms with van der Waals surface area (Å²) < 4.78 is 5.07. The molecular formula is C9H19N3O6. The molecule has 0 saturated carbocycles. The predicted molar refractivity (Wildman–Crippen MR) is 60.1 cm³/mol. The van der Waals surface area contributed by atoms with Gasteiger partial charge in [-0.2, -0.15) is 4.99 Å². The van der Waals surface area contributed by atoms with Gasteiger partial charge in [-0.1, -0.05) is 0 Å². The van der Waals surface area contributed by atoms with Crippen LogP contribution in [0.5, 0.6) is 0 Å². The van der Waals surface area contributed by atoms with E-state index in [1.807, 2.05) is 0 Å². The molecule has 0 fully saturated rings. The van der Waals surface area contributed by atoms with Crippen LogP contribution in [0.25, 0.3) is 0 Å². The molecule has 1 aliphatic heterocycles. The van der Waals surface area contributed by atoms with E-state index in [0.29, 0.717) is 0 Å². The van der Waals surface area contributed by atoms with Gasteiger partial charge >= 0.3 is 0 Å². The van der Waals surface area contributed by atoms with Crippen LogP contribution in [-0.4, -0.2) is 93.6 Å². The highest BCUT2D eigenvalue weighted by Gasteiger charge is 2.35. The maximum absolute atomic E-state index is 9.98. The fraction of sp³-hybridized carbons (Fsp3) is 0.889. The highest BCUT2D eigenvalue weighted by molar-refractivity contribution is 5.74. The molecule has 2 unspecified atom stereocenters. The second-order valence-corrected chi connectivity index (χ2v) is 3.55. The average molecular weight is 265 g/mol. The number of β-amino-alcohol motifs (C(OH)–C–C–N with tert-alkyl or cyclic N) is 2. The average Bonchev–Trinajstić information content (AvgIpc) is 2.36. The molecule has 0 aromatic heterocycles. The van der Waals surface area contributed by atoms with Crippen molar-refractivity contribution in [3.8, 4) is 0 Å². The van der Waals surface area contributed by atoms with E-state index >= 15 is 0 Å². The van der Waals surface area contributed by atoms with Crippen molar-refractivity contribution in [2.75, 3.05) is 39.5 Å². The summed E-state index contributed by atoms with van der Waals surface area (Å²) in [6, 6.07) is -0.0627. The van der Waals surface area contributed by atoms with Gasteiger partial charge in [-0.15, -0.1) is 0 Å². The van der Waals surface area contributed by atoms with Gasteiger partial charge in [0.25, 0.3) is 6.02 Å². The molecule has 9 heteroatoms. The van der Waals surface area contributed by atoms with Crippen molar-refractivity contribution in [1.82, 2.24) is 9.80 Å². The first-order valence-electron chi connectivity index (χ1n) is 5.57. The van der Waals surface area contributed by atoms with Crippen LogP contribution in [-0.2, 0) is 4.74 Å². The molecule has 5 N–H and O–H groups in total. The Morgan fingerprint density at radius 1 is 1.06 bits per heavy atom. The van der Waals surface area contributed by atoms with Crippen LogP contribution < -0.4 is 0 Å². The topological polar surface area (TPSA) is 129 Å². The van der Waals surface area contributed by atoms with Crippen LogP contribution in [0.4, 0.5) is 0 Å². The number of aliphatic imine (C=N–C) groups is 1. The predicted octanol–water partition coefficient (Wildman–Crippen LogP) is -3.49. The van der Waals surface area contributed by atoms with Gasteiger partial charge < -0.3 is 30.3 Å². The van der Waals surface area contributed by atoms with Crippen molar-refractivity contribution in [1.29, 1.82) is 0 Å². The fourth-order valence-electron chi connectivity index (χ4n) is 1.57. The molecule has 1 heterocycles. The number of ether oxygens (including phenoxy) is 1. The van der Waals surface area contributed by atoms with Crippen LogP contribution in [0.3, 0.4) is 0 Å². The largest absolute Gasteiger partial charge is 0.463 e. The molecule has 0 aromatic carbocycles. The van der Waals surface area contributed by atoms with E-state index in [4.69, 9.17) is 20.1 Å². The number of amidine groups is 1. The van der Waals surface area contributed by atoms with Gasteiger partial charge in [-0.3, -0.25) is 4.90 Å². The summed E-state index contributed by atoms with van der Waals surface area (Å²) in [6.07, 6.45) is -2.62. The quantitative estimate of drug-likeness (QED) is 0.334. The zero-order valence-corrected chi connectivity index (χ0v) is 9.88. The maximum Gasteiger partial charge on any atom is 0.294 e. The molecule has 0 spiro atoms. The Kier molecular flexibility index (Phi) is 6.25. The Balaban J connectivity index is 2.82. The molecule has 0 amide bonds. The van der Waals surface area contributed by atoms with Crippen molar-refractivity contribution in [3.63, 3.8) is 0 Å². The summed E-state index contributed by atoms with van der Waals surface area (Å²) in [7, 11) is 0. The summed E-state index contributed by atoms with van der Waals surface area (Å²) in [4.78, 5) is 6.13. The second-order valence-electron chi connectivity index (χ2n) is 3.55. The fourth-order valence-corrected chi connectivity index (χ4v) is 1.57. The lowest BCUT2D eigenvalue weighted by Gasteiger charge is -2.41. The van der Waals surface area contributed by atoms with Crippen LogP contribution in [0.15, 0.2) is 4.99 Å². The number of rotatable bonds is 6. The Morgan fingerprint density at radius 3 is 2.28 bits per heavy atom. The lowest BCUT2D eigenvalue weighted by atomic mass is 10.4. The summed E-state index contributed by atoms with van der Waals surface area (Å²) in [5, 5.41) is 46.1. The highest BCUT2D eigenvalue weighted by atomic mass is 16.5. The third kappa shape index (κ3) is 3.51. The van der Waals surface area contributed by atoms with Gasteiger partial charge in [0.1, 0.15) is 6.61 Å². The van der Waals surface area contributed by atoms with Crippen molar-refractivity contribution in [2.24, 2.45) is 4.99 Å². The third-order valence-corrected chi connectivity index (χ3v) is 2.37. The molecule has 0 saturated heterocycles. The lowest BCUT2D eigenvalue weighted by molar-refractivity contribution is -0.173. The number of hydrogen-bond acceptors (Lipinski definition) is 9. The van der Waals surface area contributed by atoms with Crippen molar-refractivity contribution in [2.45, 2.75) is 12.7 Å². The molecule has 0 aromatic rings. The van der Waals surface area contributed by atoms with E-state index in [9.17, 15) is 10.2 Å². The van der Waals surface area contributed by atoms with Crippen LogP contribution >= 0.6 is 0 Å². The van der Waals surface area contributed by atoms with E-state index in [1.54, 1.807) is 0 Å². The van der Waals surface area contributed by atoms with Gasteiger partial charge in [-0.05, 0) is 0 Å². The zero-order chi connectivity index (χ0) is 13.5. The SMILES string of the molecule is OCCOC1=NC(O)N(CCO)C(O)N1CCO. The van der Waals surface area contributed by atoms with Crippen molar-refractivity contribution in [3.05, 3.63) is 0 Å². The third-order valence-electron chi connectivity index (χ3n) is 2.37. The van der Waals surface area contributed by atoms with Gasteiger partial charge in [0, 0.05) is 13.1 Å². The summed E-state index contributed by atoms with van der Waals surface area (Å²) in [5.41, 5.74) is 0. The van der Waals surface area contributed by atoms with Crippen molar-refractivity contribution < 1.29 is 30.3 Å². The first-order valence-corrected chi connectivity index (χ1v) is 5.57. The molecule has 9 nitrogen and oxygen atoms in total. The van der Waals surface area contributed by atoms with E-state index in [2.05, 4.69) is 4.99 Å². The van der Waals surface area contributed by atoms with Gasteiger partial charge in [0.15, 0.2) is 6.35 Å². The maximum atomic E-state index is 9.98. The van der Waals surface area contributed by atoms with Gasteiger partial charge in [0.2, 0.25) is 6.35 Å². The molecule has 106 valence electrons. The summed E-state index contributed by atoms with van der Waals surface area (Å²) >= 11 is 0. The second kappa shape index (κ2) is 7.46. The minimum atomic E-state index is -1.35. The summed E-state index contributed by atoms with van der Waals surface area (Å²) in [5.74, 6) is 0. The Bertz CT molecular complexity index is 277. The van der Waals surface area contributed by atoms with E-state index in [-0.39, 0.29) is 45.5 Å². The molecular weight excluding hydrogens is 246 g/mol. The van der Waals surface area contributed by atoms with Crippen molar-refractivity contribution >= 4 is 6.02 Å². The molecule has 2 atom stereocenters. The highest BCUT2D eigenvalue weighted by Crippen LogP contribution is 2.15. The Hall–Kier alpha value is -0.970. The Morgan fingerprint density at radius 2 is 1.72 bits per heavy atom. The molecule has 0 aliphatic carbocycles. The van der Waals surface area contributed by atoms with E-state index in [0.717, 1.165) is 4.90 Å². The summed E-state index contributed by atoms with van der Waals surface area (Å²) in [6.45, 7) is -0.731. The Labute approximate surface area is 104 Å². The van der Waals surface area contributed by atoms with E-state index < -0.39 is 12.7 Å². The van der Waals surface area contributed by atoms with Gasteiger partial charge in [-0.25, -0.2) is 4.90 Å². The number of aliphatic hydroxyl groups is 5. The number of aliphatic hydroxyl groups excluding tert-OH is 5. The molecule has 1 aliphatic rings. The monoisotopic (exact) mass is 265 g/mol. The molecule has 18 heavy (non-hydrogen) atoms. The lowest BCUT2D eigenvalue weighted by Crippen LogP contribution is -2.60. The molecule has 0 radical (unpaired) electrons. The minimum absolute atomic E-state index is 0.0149. The van der Waals surface area contributed by atoms with Crippen LogP contribution in [0, 0.1) is 0 Å². The van der Waals surface area contributed by atoms with Crippen LogP contribution in [0.2, 0.25) is 0 Å². The van der Waals surface area contributed by atoms with Gasteiger partial charge in [0.05, 0.1) is 19.8 Å². The first-order chi connectivity index (χ1) is 8.65. The first kappa shape index (κ1) is 15.1. The normalized spacial score (nSPS) is 25.2. The number of hydrogen-bond donors (Lipinski definition) is 5. The molecule has 0 bridgehead atoms. The zero-order valence-electron chi connectivity index (χ0n) is 9.88. The minimum Gasteiger partial charge on any atom is -0.463 e. The molecule has 1 rings (SSSR count). The smallest absolute Gasteiger partial charge is 0.294 e. The van der Waals surface area contributed by atoms with Crippen LogP contribution in [0.1, 0.15) is 0 Å². The number of nitrogens with zero attached hydrogens (tertiary/aromatic N) is 3. The van der Waals surface area contributed by atoms with E-state index in [1.165, 1.54) is 4.90 Å². The standard InChI is InChI=1S/C9H19N3O6/c13-3-1-11-7(16)10-8(18-6-5-15)12(2-4-14)9(11)17/h7,9,13-17H,1-6H2.